The number of H-pyrrole nitrogens is 2. The quantitative estimate of drug-likeness (QED) is 0.745. The zero-order valence-electron chi connectivity index (χ0n) is 10.9. The van der Waals surface area contributed by atoms with E-state index in [-0.39, 0.29) is 0 Å². The largest absolute Gasteiger partial charge is 0.343 e. The molecule has 3 aromatic rings. The molecule has 4 heteroatoms. The SMILES string of the molecule is C1=CC(c2ccccc2)Cc2[nH]nc(-c3cnc[nH]3)c21. The molecule has 4 nitrogen and oxygen atoms in total. The second-order valence-electron chi connectivity index (χ2n) is 5.01. The van der Waals surface area contributed by atoms with E-state index in [0.29, 0.717) is 5.92 Å². The number of benzene rings is 1. The Balaban J connectivity index is 1.70. The highest BCUT2D eigenvalue weighted by Gasteiger charge is 2.21. The van der Waals surface area contributed by atoms with Gasteiger partial charge in [-0.05, 0) is 5.56 Å². The highest BCUT2D eigenvalue weighted by Crippen LogP contribution is 2.33. The van der Waals surface area contributed by atoms with E-state index in [1.54, 1.807) is 12.5 Å². The second kappa shape index (κ2) is 4.49. The van der Waals surface area contributed by atoms with Crippen molar-refractivity contribution in [2.24, 2.45) is 0 Å². The molecule has 0 bridgehead atoms. The normalized spacial score (nSPS) is 17.1. The Morgan fingerprint density at radius 2 is 2.05 bits per heavy atom. The first kappa shape index (κ1) is 11.2. The number of rotatable bonds is 2. The van der Waals surface area contributed by atoms with E-state index < -0.39 is 0 Å². The van der Waals surface area contributed by atoms with Crippen LogP contribution in [0.2, 0.25) is 0 Å². The van der Waals surface area contributed by atoms with Crippen molar-refractivity contribution < 1.29 is 0 Å². The summed E-state index contributed by atoms with van der Waals surface area (Å²) in [6.07, 6.45) is 8.85. The van der Waals surface area contributed by atoms with E-state index in [1.807, 2.05) is 6.07 Å². The lowest BCUT2D eigenvalue weighted by Gasteiger charge is -2.17. The molecule has 0 radical (unpaired) electrons. The molecule has 0 fully saturated rings. The Bertz CT molecular complexity index is 738. The molecule has 1 unspecified atom stereocenters. The lowest BCUT2D eigenvalue weighted by molar-refractivity contribution is 0.794. The molecule has 4 rings (SSSR count). The maximum absolute atomic E-state index is 4.42. The first-order chi connectivity index (χ1) is 9.92. The summed E-state index contributed by atoms with van der Waals surface area (Å²) in [6.45, 7) is 0. The van der Waals surface area contributed by atoms with Gasteiger partial charge in [0.1, 0.15) is 5.69 Å². The van der Waals surface area contributed by atoms with Crippen LogP contribution in [0.1, 0.15) is 22.7 Å². The summed E-state index contributed by atoms with van der Waals surface area (Å²) in [5.41, 5.74) is 5.59. The second-order valence-corrected chi connectivity index (χ2v) is 5.01. The zero-order chi connectivity index (χ0) is 13.4. The van der Waals surface area contributed by atoms with Gasteiger partial charge in [0.2, 0.25) is 0 Å². The van der Waals surface area contributed by atoms with Gasteiger partial charge < -0.3 is 4.98 Å². The minimum atomic E-state index is 0.416. The van der Waals surface area contributed by atoms with Gasteiger partial charge in [-0.15, -0.1) is 0 Å². The summed E-state index contributed by atoms with van der Waals surface area (Å²) in [4.78, 5) is 7.16. The third kappa shape index (κ3) is 1.77. The Morgan fingerprint density at radius 3 is 2.85 bits per heavy atom. The molecule has 1 aliphatic rings. The standard InChI is InChI=1S/C16H14N4/c1-2-4-11(5-3-1)12-6-7-13-14(8-12)19-20-16(13)15-9-17-10-18-15/h1-7,9-10,12H,8H2,(H,17,18)(H,19,20). The number of hydrogen-bond acceptors (Lipinski definition) is 2. The molecule has 1 aliphatic carbocycles. The van der Waals surface area contributed by atoms with Crippen LogP contribution in [0, 0.1) is 0 Å². The number of fused-ring (bicyclic) bond motifs is 1. The van der Waals surface area contributed by atoms with Gasteiger partial charge in [0, 0.05) is 23.6 Å². The highest BCUT2D eigenvalue weighted by molar-refractivity contribution is 5.72. The number of imidazole rings is 1. The van der Waals surface area contributed by atoms with Crippen LogP contribution in [0.3, 0.4) is 0 Å². The van der Waals surface area contributed by atoms with E-state index in [1.165, 1.54) is 16.8 Å². The van der Waals surface area contributed by atoms with Crippen molar-refractivity contribution in [2.45, 2.75) is 12.3 Å². The van der Waals surface area contributed by atoms with Gasteiger partial charge in [-0.25, -0.2) is 4.98 Å². The number of allylic oxidation sites excluding steroid dienone is 1. The fourth-order valence-electron chi connectivity index (χ4n) is 2.74. The molecule has 0 saturated heterocycles. The van der Waals surface area contributed by atoms with Gasteiger partial charge in [0.05, 0.1) is 18.2 Å². The van der Waals surface area contributed by atoms with Crippen LogP contribution in [-0.2, 0) is 6.42 Å². The van der Waals surface area contributed by atoms with Crippen molar-refractivity contribution in [3.8, 4) is 11.4 Å². The third-order valence-electron chi connectivity index (χ3n) is 3.78. The van der Waals surface area contributed by atoms with Crippen LogP contribution in [0.15, 0.2) is 48.9 Å². The average molecular weight is 262 g/mol. The van der Waals surface area contributed by atoms with Gasteiger partial charge in [-0.2, -0.15) is 5.10 Å². The Labute approximate surface area is 116 Å². The lowest BCUT2D eigenvalue weighted by Crippen LogP contribution is -2.05. The number of nitrogens with one attached hydrogen (secondary N) is 2. The molecule has 0 amide bonds. The Kier molecular flexibility index (Phi) is 2.52. The molecule has 0 aliphatic heterocycles. The smallest absolute Gasteiger partial charge is 0.117 e. The van der Waals surface area contributed by atoms with Crippen molar-refractivity contribution in [3.63, 3.8) is 0 Å². The summed E-state index contributed by atoms with van der Waals surface area (Å²) in [5.74, 6) is 0.416. The molecule has 0 saturated carbocycles. The molecule has 2 N–H and O–H groups in total. The van der Waals surface area contributed by atoms with Crippen LogP contribution in [-0.4, -0.2) is 20.2 Å². The molecular weight excluding hydrogens is 248 g/mol. The molecule has 2 heterocycles. The molecule has 20 heavy (non-hydrogen) atoms. The van der Waals surface area contributed by atoms with Crippen LogP contribution < -0.4 is 0 Å². The highest BCUT2D eigenvalue weighted by atomic mass is 15.1. The van der Waals surface area contributed by atoms with Crippen molar-refractivity contribution in [1.82, 2.24) is 20.2 Å². The summed E-state index contributed by atoms with van der Waals surface area (Å²) in [6, 6.07) is 10.6. The summed E-state index contributed by atoms with van der Waals surface area (Å²) in [7, 11) is 0. The topological polar surface area (TPSA) is 57.4 Å². The lowest BCUT2D eigenvalue weighted by atomic mass is 9.88. The summed E-state index contributed by atoms with van der Waals surface area (Å²) < 4.78 is 0. The Morgan fingerprint density at radius 1 is 1.15 bits per heavy atom. The van der Waals surface area contributed by atoms with Crippen LogP contribution >= 0.6 is 0 Å². The predicted octanol–water partition coefficient (Wildman–Crippen LogP) is 3.15. The predicted molar refractivity (Wildman–Crippen MR) is 78.1 cm³/mol. The minimum Gasteiger partial charge on any atom is -0.343 e. The summed E-state index contributed by atoms with van der Waals surface area (Å²) in [5, 5.41) is 7.59. The number of aromatic nitrogens is 4. The van der Waals surface area contributed by atoms with Gasteiger partial charge in [0.25, 0.3) is 0 Å². The monoisotopic (exact) mass is 262 g/mol. The third-order valence-corrected chi connectivity index (χ3v) is 3.78. The summed E-state index contributed by atoms with van der Waals surface area (Å²) >= 11 is 0. The fourth-order valence-corrected chi connectivity index (χ4v) is 2.74. The fraction of sp³-hybridized carbons (Fsp3) is 0.125. The molecule has 0 spiro atoms. The minimum absolute atomic E-state index is 0.416. The molecular formula is C16H14N4. The zero-order valence-corrected chi connectivity index (χ0v) is 10.9. The number of aromatic amines is 2. The first-order valence-corrected chi connectivity index (χ1v) is 6.71. The van der Waals surface area contributed by atoms with Crippen molar-refractivity contribution in [3.05, 3.63) is 65.8 Å². The van der Waals surface area contributed by atoms with Gasteiger partial charge in [-0.1, -0.05) is 42.5 Å². The van der Waals surface area contributed by atoms with Crippen molar-refractivity contribution >= 4 is 6.08 Å². The number of nitrogens with zero attached hydrogens (tertiary/aromatic N) is 2. The van der Waals surface area contributed by atoms with E-state index in [2.05, 4.69) is 56.6 Å². The van der Waals surface area contributed by atoms with Crippen LogP contribution in [0.4, 0.5) is 0 Å². The number of hydrogen-bond donors (Lipinski definition) is 2. The van der Waals surface area contributed by atoms with E-state index in [9.17, 15) is 0 Å². The van der Waals surface area contributed by atoms with Gasteiger partial charge in [0.15, 0.2) is 0 Å². The van der Waals surface area contributed by atoms with Crippen molar-refractivity contribution in [2.75, 3.05) is 0 Å². The van der Waals surface area contributed by atoms with Gasteiger partial charge >= 0.3 is 0 Å². The van der Waals surface area contributed by atoms with E-state index in [0.717, 1.165) is 17.8 Å². The average Bonchev–Trinajstić information content (AvgIpc) is 3.16. The van der Waals surface area contributed by atoms with Gasteiger partial charge in [-0.3, -0.25) is 5.10 Å². The molecule has 1 atom stereocenters. The molecule has 1 aromatic carbocycles. The maximum Gasteiger partial charge on any atom is 0.117 e. The Hall–Kier alpha value is -2.62. The molecule has 2 aromatic heterocycles. The van der Waals surface area contributed by atoms with Crippen LogP contribution in [0.5, 0.6) is 0 Å². The van der Waals surface area contributed by atoms with E-state index >= 15 is 0 Å². The van der Waals surface area contributed by atoms with Crippen molar-refractivity contribution in [1.29, 1.82) is 0 Å². The van der Waals surface area contributed by atoms with E-state index in [4.69, 9.17) is 0 Å². The maximum atomic E-state index is 4.42. The van der Waals surface area contributed by atoms with Crippen LogP contribution in [0.25, 0.3) is 17.5 Å². The first-order valence-electron chi connectivity index (χ1n) is 6.71. The molecule has 98 valence electrons.